The van der Waals surface area contributed by atoms with E-state index in [2.05, 4.69) is 20.9 Å². The molecule has 2 N–H and O–H groups in total. The Kier molecular flexibility index (Phi) is 3.11. The number of thioether (sulfide) groups is 1. The van der Waals surface area contributed by atoms with Gasteiger partial charge in [-0.05, 0) is 24.6 Å². The van der Waals surface area contributed by atoms with Crippen molar-refractivity contribution < 1.29 is 9.13 Å². The summed E-state index contributed by atoms with van der Waals surface area (Å²) in [5, 5.41) is 0.465. The summed E-state index contributed by atoms with van der Waals surface area (Å²) >= 11 is 4.88. The number of aliphatic imine (C=N–C) groups is 1. The van der Waals surface area contributed by atoms with Crippen molar-refractivity contribution in [2.75, 3.05) is 12.4 Å². The van der Waals surface area contributed by atoms with E-state index in [9.17, 15) is 4.39 Å². The molecule has 1 saturated heterocycles. The Balaban J connectivity index is 2.17. The van der Waals surface area contributed by atoms with Gasteiger partial charge in [0, 0.05) is 21.7 Å². The summed E-state index contributed by atoms with van der Waals surface area (Å²) in [6, 6.07) is 4.84. The zero-order chi connectivity index (χ0) is 12.8. The van der Waals surface area contributed by atoms with Crippen molar-refractivity contribution in [3.63, 3.8) is 0 Å². The first kappa shape index (κ1) is 12.4. The van der Waals surface area contributed by atoms with Gasteiger partial charge in [0.2, 0.25) is 0 Å². The van der Waals surface area contributed by atoms with Gasteiger partial charge >= 0.3 is 0 Å². The summed E-state index contributed by atoms with van der Waals surface area (Å²) in [5.74, 6) is 0.702. The highest BCUT2D eigenvalue weighted by Crippen LogP contribution is 2.48. The van der Waals surface area contributed by atoms with Crippen molar-refractivity contribution in [1.82, 2.24) is 0 Å². The van der Waals surface area contributed by atoms with Crippen LogP contribution in [0.1, 0.15) is 12.0 Å². The first-order valence-electron chi connectivity index (χ1n) is 5.69. The molecule has 6 heteroatoms. The van der Waals surface area contributed by atoms with Crippen molar-refractivity contribution in [3.05, 3.63) is 34.1 Å². The number of nitrogens with zero attached hydrogens (tertiary/aromatic N) is 1. The predicted molar refractivity (Wildman–Crippen MR) is 73.9 cm³/mol. The van der Waals surface area contributed by atoms with E-state index in [-0.39, 0.29) is 11.7 Å². The van der Waals surface area contributed by atoms with Crippen LogP contribution >= 0.6 is 27.7 Å². The molecule has 1 aromatic carbocycles. The number of halogens is 2. The Morgan fingerprint density at radius 2 is 2.39 bits per heavy atom. The standard InChI is InChI=1S/C12H12BrFN2OS/c13-8-1-2-10(14)9(5-8)12-7(3-4-17-12)6-18-11(15)16-12/h1-2,5,7H,3-4,6H2,(H2,15,16)/t7-,12+/m0/s1. The molecule has 3 rings (SSSR count). The first-order valence-corrected chi connectivity index (χ1v) is 7.47. The summed E-state index contributed by atoms with van der Waals surface area (Å²) in [6.45, 7) is 0.591. The minimum absolute atomic E-state index is 0.179. The van der Waals surface area contributed by atoms with Gasteiger partial charge < -0.3 is 10.5 Å². The molecule has 0 radical (unpaired) electrons. The lowest BCUT2D eigenvalue weighted by Crippen LogP contribution is -2.38. The van der Waals surface area contributed by atoms with Gasteiger partial charge in [-0.2, -0.15) is 0 Å². The van der Waals surface area contributed by atoms with Crippen molar-refractivity contribution in [1.29, 1.82) is 0 Å². The Morgan fingerprint density at radius 3 is 3.22 bits per heavy atom. The minimum atomic E-state index is -0.927. The highest BCUT2D eigenvalue weighted by Gasteiger charge is 2.49. The number of hydrogen-bond donors (Lipinski definition) is 1. The normalized spacial score (nSPS) is 31.0. The van der Waals surface area contributed by atoms with Crippen LogP contribution in [0.2, 0.25) is 0 Å². The summed E-state index contributed by atoms with van der Waals surface area (Å²) in [4.78, 5) is 4.42. The molecule has 0 aromatic heterocycles. The van der Waals surface area contributed by atoms with E-state index in [1.165, 1.54) is 17.8 Å². The van der Waals surface area contributed by atoms with Gasteiger partial charge in [-0.15, -0.1) is 0 Å². The van der Waals surface area contributed by atoms with Crippen LogP contribution in [0.5, 0.6) is 0 Å². The number of benzene rings is 1. The number of fused-ring (bicyclic) bond motifs is 1. The third-order valence-corrected chi connectivity index (χ3v) is 4.81. The number of nitrogens with two attached hydrogens (primary N) is 1. The second-order valence-electron chi connectivity index (χ2n) is 4.42. The lowest BCUT2D eigenvalue weighted by molar-refractivity contribution is -0.0171. The Morgan fingerprint density at radius 1 is 1.56 bits per heavy atom. The van der Waals surface area contributed by atoms with E-state index in [1.807, 2.05) is 0 Å². The van der Waals surface area contributed by atoms with E-state index in [0.29, 0.717) is 17.3 Å². The number of amidine groups is 1. The lowest BCUT2D eigenvalue weighted by Gasteiger charge is -2.34. The molecule has 0 bridgehead atoms. The number of hydrogen-bond acceptors (Lipinski definition) is 4. The Labute approximate surface area is 117 Å². The monoisotopic (exact) mass is 330 g/mol. The highest BCUT2D eigenvalue weighted by atomic mass is 79.9. The summed E-state index contributed by atoms with van der Waals surface area (Å²) < 4.78 is 20.7. The summed E-state index contributed by atoms with van der Waals surface area (Å²) in [5.41, 5.74) is 5.35. The molecule has 0 amide bonds. The first-order chi connectivity index (χ1) is 8.62. The maximum Gasteiger partial charge on any atom is 0.194 e. The fraction of sp³-hybridized carbons (Fsp3) is 0.417. The largest absolute Gasteiger partial charge is 0.378 e. The third-order valence-electron chi connectivity index (χ3n) is 3.36. The van der Waals surface area contributed by atoms with Crippen LogP contribution in [0.4, 0.5) is 4.39 Å². The minimum Gasteiger partial charge on any atom is -0.378 e. The molecule has 18 heavy (non-hydrogen) atoms. The van der Waals surface area contributed by atoms with Crippen molar-refractivity contribution in [2.24, 2.45) is 16.6 Å². The van der Waals surface area contributed by atoms with Crippen molar-refractivity contribution >= 4 is 32.9 Å². The zero-order valence-electron chi connectivity index (χ0n) is 9.53. The van der Waals surface area contributed by atoms with Gasteiger partial charge in [-0.1, -0.05) is 27.7 Å². The molecular weight excluding hydrogens is 319 g/mol. The summed E-state index contributed by atoms with van der Waals surface area (Å²) in [6.07, 6.45) is 0.885. The van der Waals surface area contributed by atoms with Gasteiger partial charge in [0.15, 0.2) is 10.9 Å². The maximum absolute atomic E-state index is 14.1. The van der Waals surface area contributed by atoms with Crippen LogP contribution < -0.4 is 5.73 Å². The Hall–Kier alpha value is -0.590. The molecule has 0 unspecified atom stereocenters. The second-order valence-corrected chi connectivity index (χ2v) is 6.37. The molecule has 1 fully saturated rings. The SMILES string of the molecule is NC1=N[C@@]2(c3cc(Br)ccc3F)OCC[C@H]2CS1. The smallest absolute Gasteiger partial charge is 0.194 e. The molecule has 2 aliphatic rings. The molecular formula is C12H12BrFN2OS. The molecule has 0 spiro atoms. The van der Waals surface area contributed by atoms with Crippen molar-refractivity contribution in [2.45, 2.75) is 12.1 Å². The topological polar surface area (TPSA) is 47.6 Å². The van der Waals surface area contributed by atoms with Crippen molar-refractivity contribution in [3.8, 4) is 0 Å². The quantitative estimate of drug-likeness (QED) is 0.861. The molecule has 0 saturated carbocycles. The molecule has 3 nitrogen and oxygen atoms in total. The van der Waals surface area contributed by atoms with Gasteiger partial charge in [0.25, 0.3) is 0 Å². The van der Waals surface area contributed by atoms with E-state index < -0.39 is 5.72 Å². The zero-order valence-corrected chi connectivity index (χ0v) is 11.9. The highest BCUT2D eigenvalue weighted by molar-refractivity contribution is 9.10. The van der Waals surface area contributed by atoms with E-state index >= 15 is 0 Å². The van der Waals surface area contributed by atoms with E-state index in [0.717, 1.165) is 16.6 Å². The maximum atomic E-state index is 14.1. The molecule has 0 aliphatic carbocycles. The van der Waals surface area contributed by atoms with Crippen LogP contribution in [0.3, 0.4) is 0 Å². The van der Waals surface area contributed by atoms with Gasteiger partial charge in [-0.25, -0.2) is 9.38 Å². The fourth-order valence-corrected chi connectivity index (χ4v) is 3.83. The lowest BCUT2D eigenvalue weighted by atomic mass is 9.90. The van der Waals surface area contributed by atoms with Crippen LogP contribution in [-0.2, 0) is 10.5 Å². The fourth-order valence-electron chi connectivity index (χ4n) is 2.50. The molecule has 1 aromatic rings. The Bertz CT molecular complexity index is 525. The number of ether oxygens (including phenoxy) is 1. The van der Waals surface area contributed by atoms with E-state index in [1.54, 1.807) is 12.1 Å². The predicted octanol–water partition coefficient (Wildman–Crippen LogP) is 2.84. The average Bonchev–Trinajstić information content (AvgIpc) is 2.76. The average molecular weight is 331 g/mol. The van der Waals surface area contributed by atoms with Crippen LogP contribution in [-0.4, -0.2) is 17.5 Å². The molecule has 2 heterocycles. The summed E-state index contributed by atoms with van der Waals surface area (Å²) in [7, 11) is 0. The molecule has 2 atom stereocenters. The number of rotatable bonds is 1. The molecule has 96 valence electrons. The van der Waals surface area contributed by atoms with Gasteiger partial charge in [0.1, 0.15) is 5.82 Å². The van der Waals surface area contributed by atoms with E-state index in [4.69, 9.17) is 10.5 Å². The second kappa shape index (κ2) is 4.51. The van der Waals surface area contributed by atoms with Crippen LogP contribution in [0.25, 0.3) is 0 Å². The van der Waals surface area contributed by atoms with Crippen LogP contribution in [0.15, 0.2) is 27.7 Å². The molecule has 2 aliphatic heterocycles. The third kappa shape index (κ3) is 1.87. The van der Waals surface area contributed by atoms with Gasteiger partial charge in [-0.3, -0.25) is 0 Å². The van der Waals surface area contributed by atoms with Crippen LogP contribution in [0, 0.1) is 11.7 Å². The van der Waals surface area contributed by atoms with Gasteiger partial charge in [0.05, 0.1) is 6.61 Å².